The lowest BCUT2D eigenvalue weighted by molar-refractivity contribution is -0.192. The van der Waals surface area contributed by atoms with Crippen LogP contribution in [-0.2, 0) is 9.53 Å². The van der Waals surface area contributed by atoms with Crippen LogP contribution in [0, 0.1) is 0 Å². The Morgan fingerprint density at radius 3 is 2.42 bits per heavy atom. The molecule has 38 heavy (non-hydrogen) atoms. The second-order valence-electron chi connectivity index (χ2n) is 8.01. The third-order valence-electron chi connectivity index (χ3n) is 5.47. The highest BCUT2D eigenvalue weighted by Gasteiger charge is 2.38. The Hall–Kier alpha value is -4.27. The number of carboxylic acids is 1. The fraction of sp³-hybridized carbons (Fsp3) is 0.391. The van der Waals surface area contributed by atoms with E-state index in [1.165, 1.54) is 0 Å². The van der Waals surface area contributed by atoms with Crippen molar-refractivity contribution in [1.29, 1.82) is 0 Å². The van der Waals surface area contributed by atoms with Crippen molar-refractivity contribution in [2.24, 2.45) is 0 Å². The minimum absolute atomic E-state index is 0.0879. The van der Waals surface area contributed by atoms with Crippen LogP contribution < -0.4 is 20.1 Å². The van der Waals surface area contributed by atoms with Crippen LogP contribution in [0.25, 0.3) is 11.0 Å². The number of anilines is 3. The zero-order chi connectivity index (χ0) is 27.3. The van der Waals surface area contributed by atoms with Gasteiger partial charge >= 0.3 is 12.1 Å². The summed E-state index contributed by atoms with van der Waals surface area (Å²) in [5, 5.41) is 14.5. The first-order chi connectivity index (χ1) is 18.2. The monoisotopic (exact) mass is 538 g/mol. The van der Waals surface area contributed by atoms with Gasteiger partial charge in [0, 0.05) is 25.8 Å². The Labute approximate surface area is 214 Å². The molecule has 1 saturated heterocycles. The van der Waals surface area contributed by atoms with Gasteiger partial charge in [-0.25, -0.2) is 4.79 Å². The molecule has 0 saturated carbocycles. The van der Waals surface area contributed by atoms with E-state index in [2.05, 4.69) is 25.6 Å². The summed E-state index contributed by atoms with van der Waals surface area (Å²) < 4.78 is 48.8. The lowest BCUT2D eigenvalue weighted by atomic mass is 10.1. The molecule has 2 aliphatic rings. The van der Waals surface area contributed by atoms with Crippen molar-refractivity contribution in [3.8, 4) is 11.5 Å². The topological polar surface area (TPSA) is 151 Å². The Kier molecular flexibility index (Phi) is 8.05. The van der Waals surface area contributed by atoms with Crippen molar-refractivity contribution in [1.82, 2.24) is 19.9 Å². The number of ether oxygens (including phenoxy) is 3. The molecular weight excluding hydrogens is 513 g/mol. The number of carbonyl (C=O) groups is 2. The quantitative estimate of drug-likeness (QED) is 0.382. The highest BCUT2D eigenvalue weighted by Crippen LogP contribution is 2.42. The number of aromatic nitrogens is 3. The fourth-order valence-electron chi connectivity index (χ4n) is 3.76. The zero-order valence-electron chi connectivity index (χ0n) is 20.2. The molecule has 15 heteroatoms. The molecule has 2 aromatic heterocycles. The number of hydrogen-bond donors (Lipinski definition) is 4. The minimum Gasteiger partial charge on any atom is -0.485 e. The van der Waals surface area contributed by atoms with Gasteiger partial charge in [0.1, 0.15) is 24.7 Å². The lowest BCUT2D eigenvalue weighted by Gasteiger charge is -2.29. The van der Waals surface area contributed by atoms with Gasteiger partial charge in [-0.15, -0.1) is 0 Å². The van der Waals surface area contributed by atoms with Crippen molar-refractivity contribution in [2.75, 3.05) is 56.7 Å². The average Bonchev–Trinajstić information content (AvgIpc) is 3.38. The predicted molar refractivity (Wildman–Crippen MR) is 129 cm³/mol. The van der Waals surface area contributed by atoms with Crippen molar-refractivity contribution in [3.05, 3.63) is 30.0 Å². The van der Waals surface area contributed by atoms with E-state index in [1.54, 1.807) is 17.0 Å². The SMILES string of the molecule is CCNc1nc(Nc2ccc(C(=O)N3CCOCC3)c3c2OCCO3)nc2[nH]ccc12.O=C(O)C(F)(F)F. The molecular formula is C23H25F3N6O6. The molecule has 3 aromatic rings. The number of amides is 1. The second kappa shape index (κ2) is 11.4. The molecule has 12 nitrogen and oxygen atoms in total. The Morgan fingerprint density at radius 2 is 1.76 bits per heavy atom. The standard InChI is InChI=1S/C21H24N6O4.C2HF3O2/c1-2-22-18-14-5-6-23-19(14)26-21(25-18)24-15-4-3-13(16-17(15)31-12-11-30-16)20(28)27-7-9-29-10-8-27;3-2(4,5)1(6)7/h3-6H,2,7-12H2,1H3,(H3,22,23,24,25,26);(H,6,7). The maximum atomic E-state index is 13.1. The maximum absolute atomic E-state index is 13.1. The molecule has 4 N–H and O–H groups in total. The van der Waals surface area contributed by atoms with Gasteiger partial charge in [0.05, 0.1) is 29.9 Å². The van der Waals surface area contributed by atoms with Crippen LogP contribution in [-0.4, -0.2) is 89.1 Å². The summed E-state index contributed by atoms with van der Waals surface area (Å²) in [7, 11) is 0. The van der Waals surface area contributed by atoms with Crippen LogP contribution in [0.3, 0.4) is 0 Å². The van der Waals surface area contributed by atoms with Crippen LogP contribution in [0.4, 0.5) is 30.6 Å². The van der Waals surface area contributed by atoms with Gasteiger partial charge < -0.3 is 39.8 Å². The van der Waals surface area contributed by atoms with Crippen molar-refractivity contribution in [2.45, 2.75) is 13.1 Å². The number of hydrogen-bond acceptors (Lipinski definition) is 9. The predicted octanol–water partition coefficient (Wildman–Crippen LogP) is 3.01. The zero-order valence-corrected chi connectivity index (χ0v) is 20.2. The number of carboxylic acid groups (broad SMARTS) is 1. The number of nitrogens with zero attached hydrogens (tertiary/aromatic N) is 3. The number of benzene rings is 1. The van der Waals surface area contributed by atoms with Crippen LogP contribution in [0.2, 0.25) is 0 Å². The van der Waals surface area contributed by atoms with Gasteiger partial charge in [0.2, 0.25) is 5.95 Å². The summed E-state index contributed by atoms with van der Waals surface area (Å²) >= 11 is 0. The fourth-order valence-corrected chi connectivity index (χ4v) is 3.76. The normalized spacial score (nSPS) is 14.9. The highest BCUT2D eigenvalue weighted by atomic mass is 19.4. The first kappa shape index (κ1) is 26.8. The molecule has 0 atom stereocenters. The first-order valence-corrected chi connectivity index (χ1v) is 11.6. The van der Waals surface area contributed by atoms with Gasteiger partial charge in [-0.05, 0) is 25.1 Å². The number of fused-ring (bicyclic) bond motifs is 2. The molecule has 4 heterocycles. The summed E-state index contributed by atoms with van der Waals surface area (Å²) in [4.78, 5) is 36.0. The molecule has 0 radical (unpaired) electrons. The van der Waals surface area contributed by atoms with Gasteiger partial charge in [0.15, 0.2) is 11.5 Å². The molecule has 5 rings (SSSR count). The molecule has 2 aliphatic heterocycles. The van der Waals surface area contributed by atoms with Gasteiger partial charge in [-0.1, -0.05) is 0 Å². The second-order valence-corrected chi connectivity index (χ2v) is 8.01. The number of carbonyl (C=O) groups excluding carboxylic acids is 1. The number of alkyl halides is 3. The van der Waals surface area contributed by atoms with Crippen molar-refractivity contribution in [3.63, 3.8) is 0 Å². The molecule has 0 unspecified atom stereocenters. The number of halogens is 3. The molecule has 1 aromatic carbocycles. The van der Waals surface area contributed by atoms with E-state index in [9.17, 15) is 18.0 Å². The lowest BCUT2D eigenvalue weighted by Crippen LogP contribution is -2.41. The highest BCUT2D eigenvalue weighted by molar-refractivity contribution is 5.99. The summed E-state index contributed by atoms with van der Waals surface area (Å²) in [5.74, 6) is -0.760. The van der Waals surface area contributed by atoms with E-state index in [1.807, 2.05) is 19.2 Å². The van der Waals surface area contributed by atoms with E-state index in [4.69, 9.17) is 24.1 Å². The first-order valence-electron chi connectivity index (χ1n) is 11.6. The number of H-pyrrole nitrogens is 1. The number of morpholine rings is 1. The van der Waals surface area contributed by atoms with Crippen LogP contribution >= 0.6 is 0 Å². The summed E-state index contributed by atoms with van der Waals surface area (Å²) in [6.07, 6.45) is -3.26. The number of nitrogens with one attached hydrogen (secondary N) is 3. The van der Waals surface area contributed by atoms with Crippen LogP contribution in [0.5, 0.6) is 11.5 Å². The van der Waals surface area contributed by atoms with E-state index in [0.29, 0.717) is 68.2 Å². The molecule has 0 spiro atoms. The van der Waals surface area contributed by atoms with E-state index in [0.717, 1.165) is 23.4 Å². The Balaban J connectivity index is 0.000000426. The third-order valence-corrected chi connectivity index (χ3v) is 5.47. The van der Waals surface area contributed by atoms with E-state index < -0.39 is 12.1 Å². The van der Waals surface area contributed by atoms with Crippen molar-refractivity contribution < 1.29 is 42.1 Å². The third kappa shape index (κ3) is 5.99. The molecule has 1 amide bonds. The minimum atomic E-state index is -5.08. The number of aromatic amines is 1. The van der Waals surface area contributed by atoms with Gasteiger partial charge in [-0.2, -0.15) is 23.1 Å². The van der Waals surface area contributed by atoms with Gasteiger partial charge in [0.25, 0.3) is 5.91 Å². The summed E-state index contributed by atoms with van der Waals surface area (Å²) in [6.45, 7) is 5.73. The molecule has 1 fully saturated rings. The smallest absolute Gasteiger partial charge is 0.485 e. The molecule has 0 aliphatic carbocycles. The summed E-state index contributed by atoms with van der Waals surface area (Å²) in [6, 6.07) is 5.49. The molecule has 204 valence electrons. The Bertz CT molecular complexity index is 1310. The largest absolute Gasteiger partial charge is 0.490 e. The van der Waals surface area contributed by atoms with Crippen molar-refractivity contribution >= 4 is 40.4 Å². The Morgan fingerprint density at radius 1 is 1.08 bits per heavy atom. The van der Waals surface area contributed by atoms with Crippen LogP contribution in [0.1, 0.15) is 17.3 Å². The molecule has 0 bridgehead atoms. The maximum Gasteiger partial charge on any atom is 0.490 e. The average molecular weight is 538 g/mol. The number of aliphatic carboxylic acids is 1. The number of rotatable bonds is 5. The van der Waals surface area contributed by atoms with Crippen LogP contribution in [0.15, 0.2) is 24.4 Å². The summed E-state index contributed by atoms with van der Waals surface area (Å²) in [5.41, 5.74) is 1.84. The van der Waals surface area contributed by atoms with Gasteiger partial charge in [-0.3, -0.25) is 4.79 Å². The van der Waals surface area contributed by atoms with E-state index >= 15 is 0 Å². The van der Waals surface area contributed by atoms with E-state index in [-0.39, 0.29) is 5.91 Å².